The zero-order valence-corrected chi connectivity index (χ0v) is 17.3. The Morgan fingerprint density at radius 1 is 1.21 bits per heavy atom. The van der Waals surface area contributed by atoms with E-state index in [1.54, 1.807) is 14.2 Å². The van der Waals surface area contributed by atoms with Crippen molar-refractivity contribution >= 4 is 29.9 Å². The van der Waals surface area contributed by atoms with Crippen molar-refractivity contribution in [3.05, 3.63) is 29.8 Å². The lowest BCUT2D eigenvalue weighted by atomic mass is 9.95. The van der Waals surface area contributed by atoms with E-state index in [1.807, 2.05) is 12.1 Å². The first kappa shape index (κ1) is 21.0. The lowest BCUT2D eigenvalue weighted by Crippen LogP contribution is -2.38. The number of guanidine groups is 1. The van der Waals surface area contributed by atoms with E-state index < -0.39 is 0 Å². The fourth-order valence-corrected chi connectivity index (χ4v) is 2.74. The molecule has 1 aromatic carbocycles. The van der Waals surface area contributed by atoms with Crippen LogP contribution in [0.15, 0.2) is 29.3 Å². The summed E-state index contributed by atoms with van der Waals surface area (Å²) < 4.78 is 10.6. The van der Waals surface area contributed by atoms with Crippen LogP contribution in [-0.4, -0.2) is 46.4 Å². The topological polar surface area (TPSA) is 54.9 Å². The van der Waals surface area contributed by atoms with Gasteiger partial charge in [0.2, 0.25) is 0 Å². The third-order valence-electron chi connectivity index (χ3n) is 4.23. The van der Waals surface area contributed by atoms with Gasteiger partial charge in [0, 0.05) is 37.8 Å². The molecule has 2 N–H and O–H groups in total. The lowest BCUT2D eigenvalue weighted by molar-refractivity contribution is 0.195. The van der Waals surface area contributed by atoms with Gasteiger partial charge in [0.1, 0.15) is 5.75 Å². The Balaban J connectivity index is 0.00000288. The molecule has 0 amide bonds. The Morgan fingerprint density at radius 2 is 1.96 bits per heavy atom. The van der Waals surface area contributed by atoms with Crippen molar-refractivity contribution in [1.82, 2.24) is 10.6 Å². The Hall–Kier alpha value is -1.02. The van der Waals surface area contributed by atoms with E-state index in [2.05, 4.69) is 29.7 Å². The van der Waals surface area contributed by atoms with Crippen LogP contribution < -0.4 is 15.4 Å². The number of halogens is 1. The van der Waals surface area contributed by atoms with Crippen LogP contribution in [0, 0.1) is 0 Å². The van der Waals surface area contributed by atoms with Gasteiger partial charge in [0.05, 0.1) is 13.7 Å². The second-order valence-electron chi connectivity index (χ2n) is 5.95. The van der Waals surface area contributed by atoms with Crippen LogP contribution in [-0.2, 0) is 10.2 Å². The summed E-state index contributed by atoms with van der Waals surface area (Å²) >= 11 is 0. The summed E-state index contributed by atoms with van der Waals surface area (Å²) in [5, 5.41) is 6.67. The zero-order chi connectivity index (χ0) is 16.5. The van der Waals surface area contributed by atoms with Crippen LogP contribution in [0.3, 0.4) is 0 Å². The highest BCUT2D eigenvalue weighted by molar-refractivity contribution is 14.0. The molecule has 1 aliphatic carbocycles. The average Bonchev–Trinajstić information content (AvgIpc) is 3.37. The third kappa shape index (κ3) is 5.81. The molecule has 0 radical (unpaired) electrons. The summed E-state index contributed by atoms with van der Waals surface area (Å²) in [6, 6.07) is 8.30. The second-order valence-corrected chi connectivity index (χ2v) is 5.95. The number of nitrogens with one attached hydrogen (secondary N) is 2. The molecule has 0 bridgehead atoms. The molecule has 1 aromatic rings. The maximum Gasteiger partial charge on any atom is 0.191 e. The second kappa shape index (κ2) is 10.8. The first-order valence-corrected chi connectivity index (χ1v) is 8.40. The number of ether oxygens (including phenoxy) is 2. The van der Waals surface area contributed by atoms with Crippen molar-refractivity contribution in [2.75, 3.05) is 40.5 Å². The quantitative estimate of drug-likeness (QED) is 0.265. The summed E-state index contributed by atoms with van der Waals surface area (Å²) in [7, 11) is 3.46. The minimum atomic E-state index is 0. The zero-order valence-electron chi connectivity index (χ0n) is 14.9. The van der Waals surface area contributed by atoms with Crippen LogP contribution in [0.5, 0.6) is 5.75 Å². The molecule has 0 saturated heterocycles. The highest BCUT2D eigenvalue weighted by Crippen LogP contribution is 2.51. The minimum absolute atomic E-state index is 0. The molecule has 6 heteroatoms. The van der Waals surface area contributed by atoms with Crippen molar-refractivity contribution in [3.8, 4) is 5.75 Å². The number of rotatable bonds is 9. The van der Waals surface area contributed by atoms with Crippen LogP contribution >= 0.6 is 24.0 Å². The molecule has 0 aromatic heterocycles. The molecule has 0 aliphatic heterocycles. The van der Waals surface area contributed by atoms with Gasteiger partial charge in [-0.05, 0) is 32.3 Å². The molecule has 0 heterocycles. The molecule has 0 atom stereocenters. The van der Waals surface area contributed by atoms with Gasteiger partial charge in [-0.25, -0.2) is 0 Å². The van der Waals surface area contributed by atoms with Crippen molar-refractivity contribution in [2.45, 2.75) is 31.6 Å². The maximum atomic E-state index is 5.52. The molecule has 1 fully saturated rings. The van der Waals surface area contributed by atoms with E-state index >= 15 is 0 Å². The molecule has 24 heavy (non-hydrogen) atoms. The molecule has 1 aliphatic rings. The van der Waals surface area contributed by atoms with E-state index in [4.69, 9.17) is 14.5 Å². The summed E-state index contributed by atoms with van der Waals surface area (Å²) in [5.41, 5.74) is 1.42. The predicted octanol–water partition coefficient (Wildman–Crippen LogP) is 2.94. The van der Waals surface area contributed by atoms with E-state index in [9.17, 15) is 0 Å². The number of hydrogen-bond acceptors (Lipinski definition) is 3. The number of nitrogens with zero attached hydrogens (tertiary/aromatic N) is 1. The summed E-state index contributed by atoms with van der Waals surface area (Å²) in [6.45, 7) is 5.35. The van der Waals surface area contributed by atoms with Gasteiger partial charge in [0.15, 0.2) is 5.96 Å². The molecule has 5 nitrogen and oxygen atoms in total. The first-order valence-electron chi connectivity index (χ1n) is 8.40. The monoisotopic (exact) mass is 447 g/mol. The van der Waals surface area contributed by atoms with E-state index in [1.165, 1.54) is 18.4 Å². The first-order chi connectivity index (χ1) is 11.3. The maximum absolute atomic E-state index is 5.52. The van der Waals surface area contributed by atoms with Gasteiger partial charge in [-0.15, -0.1) is 24.0 Å². The molecule has 2 rings (SSSR count). The van der Waals surface area contributed by atoms with E-state index in [0.717, 1.165) is 44.4 Å². The van der Waals surface area contributed by atoms with Gasteiger partial charge in [-0.2, -0.15) is 0 Å². The summed E-state index contributed by atoms with van der Waals surface area (Å²) in [5.74, 6) is 1.85. The van der Waals surface area contributed by atoms with Crippen molar-refractivity contribution in [2.24, 2.45) is 4.99 Å². The normalized spacial score (nSPS) is 15.4. The fraction of sp³-hybridized carbons (Fsp3) is 0.611. The highest BCUT2D eigenvalue weighted by Gasteiger charge is 2.46. The van der Waals surface area contributed by atoms with Crippen LogP contribution in [0.2, 0.25) is 0 Å². The molecular weight excluding hydrogens is 417 g/mol. The Bertz CT molecular complexity index is 519. The molecular formula is C18H30IN3O2. The Labute approximate surface area is 162 Å². The summed E-state index contributed by atoms with van der Waals surface area (Å²) in [4.78, 5) is 4.80. The van der Waals surface area contributed by atoms with Gasteiger partial charge in [-0.1, -0.05) is 18.2 Å². The molecule has 1 saturated carbocycles. The van der Waals surface area contributed by atoms with Crippen molar-refractivity contribution < 1.29 is 9.47 Å². The van der Waals surface area contributed by atoms with Crippen LogP contribution in [0.4, 0.5) is 0 Å². The van der Waals surface area contributed by atoms with Gasteiger partial charge in [0.25, 0.3) is 0 Å². The van der Waals surface area contributed by atoms with Gasteiger partial charge < -0.3 is 20.1 Å². The lowest BCUT2D eigenvalue weighted by Gasteiger charge is -2.18. The summed E-state index contributed by atoms with van der Waals surface area (Å²) in [6.07, 6.45) is 3.30. The van der Waals surface area contributed by atoms with E-state index in [0.29, 0.717) is 0 Å². The minimum Gasteiger partial charge on any atom is -0.496 e. The molecule has 0 unspecified atom stereocenters. The van der Waals surface area contributed by atoms with Crippen molar-refractivity contribution in [3.63, 3.8) is 0 Å². The standard InChI is InChI=1S/C18H29N3O2.HI/c1-4-19-17(20-12-7-13-22-2)21-14-18(10-11-18)15-8-5-6-9-16(15)23-3;/h5-6,8-9H,4,7,10-14H2,1-3H3,(H2,19,20,21);1H. The Kier molecular flexibility index (Phi) is 9.43. The van der Waals surface area contributed by atoms with Gasteiger partial charge >= 0.3 is 0 Å². The Morgan fingerprint density at radius 3 is 2.58 bits per heavy atom. The van der Waals surface area contributed by atoms with Crippen LogP contribution in [0.1, 0.15) is 31.7 Å². The predicted molar refractivity (Wildman–Crippen MR) is 110 cm³/mol. The number of benzene rings is 1. The third-order valence-corrected chi connectivity index (χ3v) is 4.23. The molecule has 0 spiro atoms. The van der Waals surface area contributed by atoms with Crippen molar-refractivity contribution in [1.29, 1.82) is 0 Å². The smallest absolute Gasteiger partial charge is 0.191 e. The number of methoxy groups -OCH3 is 2. The highest BCUT2D eigenvalue weighted by atomic mass is 127. The molecule has 136 valence electrons. The van der Waals surface area contributed by atoms with Crippen LogP contribution in [0.25, 0.3) is 0 Å². The number of aliphatic imine (C=N–C) groups is 1. The largest absolute Gasteiger partial charge is 0.496 e. The number of para-hydroxylation sites is 1. The van der Waals surface area contributed by atoms with Gasteiger partial charge in [-0.3, -0.25) is 4.99 Å². The fourth-order valence-electron chi connectivity index (χ4n) is 2.74. The average molecular weight is 447 g/mol. The SMILES string of the molecule is CCNC(=NCC1(c2ccccc2OC)CC1)NCCCOC.I. The van der Waals surface area contributed by atoms with E-state index in [-0.39, 0.29) is 29.4 Å². The number of hydrogen-bond donors (Lipinski definition) is 2.